The lowest BCUT2D eigenvalue weighted by molar-refractivity contribution is -0.150. The first kappa shape index (κ1) is 16.4. The first-order chi connectivity index (χ1) is 10.0. The number of thioether (sulfide) groups is 1. The standard InChI is InChI=1S/C17H25NO2S/c1-4-20-16(19)17(3,18-14-10-11-14)12-13(2)21-15-8-6-5-7-9-15/h5-9,13-14,18H,4,10-12H2,1-3H3. The molecule has 0 saturated heterocycles. The van der Waals surface area contributed by atoms with Crippen LogP contribution in [0.25, 0.3) is 0 Å². The summed E-state index contributed by atoms with van der Waals surface area (Å²) >= 11 is 1.81. The molecule has 116 valence electrons. The first-order valence-corrected chi connectivity index (χ1v) is 8.58. The van der Waals surface area contributed by atoms with Gasteiger partial charge in [0, 0.05) is 16.2 Å². The summed E-state index contributed by atoms with van der Waals surface area (Å²) in [5.74, 6) is -0.127. The number of benzene rings is 1. The Morgan fingerprint density at radius 1 is 1.43 bits per heavy atom. The number of carbonyl (C=O) groups is 1. The Labute approximate surface area is 131 Å². The van der Waals surface area contributed by atoms with E-state index in [2.05, 4.69) is 24.4 Å². The van der Waals surface area contributed by atoms with Crippen molar-refractivity contribution >= 4 is 17.7 Å². The summed E-state index contributed by atoms with van der Waals surface area (Å²) in [5, 5.41) is 3.82. The zero-order chi connectivity index (χ0) is 15.3. The molecule has 0 spiro atoms. The molecule has 21 heavy (non-hydrogen) atoms. The van der Waals surface area contributed by atoms with Crippen LogP contribution in [-0.4, -0.2) is 29.4 Å². The molecule has 0 amide bonds. The molecular weight excluding hydrogens is 282 g/mol. The molecule has 0 heterocycles. The van der Waals surface area contributed by atoms with E-state index in [0.29, 0.717) is 17.9 Å². The second-order valence-corrected chi connectivity index (χ2v) is 7.43. The van der Waals surface area contributed by atoms with Gasteiger partial charge in [0.15, 0.2) is 0 Å². The van der Waals surface area contributed by atoms with Crippen LogP contribution in [-0.2, 0) is 9.53 Å². The number of carbonyl (C=O) groups excluding carboxylic acids is 1. The van der Waals surface area contributed by atoms with Crippen LogP contribution in [0.1, 0.15) is 40.0 Å². The summed E-state index contributed by atoms with van der Waals surface area (Å²) in [5.41, 5.74) is -0.585. The smallest absolute Gasteiger partial charge is 0.326 e. The van der Waals surface area contributed by atoms with E-state index < -0.39 is 5.54 Å². The lowest BCUT2D eigenvalue weighted by Gasteiger charge is -2.31. The molecule has 1 aromatic carbocycles. The molecule has 2 rings (SSSR count). The van der Waals surface area contributed by atoms with Gasteiger partial charge in [0.05, 0.1) is 6.61 Å². The maximum atomic E-state index is 12.3. The van der Waals surface area contributed by atoms with Gasteiger partial charge in [0.2, 0.25) is 0 Å². The summed E-state index contributed by atoms with van der Waals surface area (Å²) in [7, 11) is 0. The fourth-order valence-corrected chi connectivity index (χ4v) is 3.71. The average Bonchev–Trinajstić information content (AvgIpc) is 3.23. The van der Waals surface area contributed by atoms with Gasteiger partial charge in [-0.25, -0.2) is 0 Å². The largest absolute Gasteiger partial charge is 0.465 e. The normalized spacial score (nSPS) is 18.8. The highest BCUT2D eigenvalue weighted by atomic mass is 32.2. The Hall–Kier alpha value is -1.00. The van der Waals surface area contributed by atoms with Gasteiger partial charge in [-0.2, -0.15) is 0 Å². The highest BCUT2D eigenvalue weighted by molar-refractivity contribution is 7.99. The minimum absolute atomic E-state index is 0.127. The molecule has 0 aliphatic heterocycles. The van der Waals surface area contributed by atoms with Gasteiger partial charge >= 0.3 is 5.97 Å². The molecule has 1 aliphatic rings. The number of hydrogen-bond acceptors (Lipinski definition) is 4. The lowest BCUT2D eigenvalue weighted by Crippen LogP contribution is -2.52. The monoisotopic (exact) mass is 307 g/mol. The van der Waals surface area contributed by atoms with Gasteiger partial charge in [0.25, 0.3) is 0 Å². The van der Waals surface area contributed by atoms with E-state index in [-0.39, 0.29) is 5.97 Å². The molecule has 0 aromatic heterocycles. The third-order valence-corrected chi connectivity index (χ3v) is 4.72. The molecule has 4 heteroatoms. The van der Waals surface area contributed by atoms with E-state index in [1.165, 1.54) is 4.90 Å². The van der Waals surface area contributed by atoms with Crippen molar-refractivity contribution in [1.82, 2.24) is 5.32 Å². The summed E-state index contributed by atoms with van der Waals surface area (Å²) in [6.07, 6.45) is 3.09. The maximum absolute atomic E-state index is 12.3. The Balaban J connectivity index is 1.98. The number of nitrogens with one attached hydrogen (secondary N) is 1. The minimum atomic E-state index is -0.585. The van der Waals surface area contributed by atoms with E-state index >= 15 is 0 Å². The van der Waals surface area contributed by atoms with Crippen LogP contribution in [0.4, 0.5) is 0 Å². The number of ether oxygens (including phenoxy) is 1. The molecule has 1 saturated carbocycles. The van der Waals surface area contributed by atoms with Crippen molar-refractivity contribution in [2.75, 3.05) is 6.61 Å². The second-order valence-electron chi connectivity index (χ2n) is 5.92. The maximum Gasteiger partial charge on any atom is 0.326 e. The first-order valence-electron chi connectivity index (χ1n) is 7.70. The van der Waals surface area contributed by atoms with Gasteiger partial charge in [-0.3, -0.25) is 10.1 Å². The number of rotatable bonds is 8. The van der Waals surface area contributed by atoms with Gasteiger partial charge in [-0.15, -0.1) is 11.8 Å². The van der Waals surface area contributed by atoms with Crippen molar-refractivity contribution in [3.05, 3.63) is 30.3 Å². The Bertz CT molecular complexity index is 461. The van der Waals surface area contributed by atoms with Crippen molar-refractivity contribution in [3.63, 3.8) is 0 Å². The summed E-state index contributed by atoms with van der Waals surface area (Å²) in [6.45, 7) is 6.44. The van der Waals surface area contributed by atoms with E-state index in [1.54, 1.807) is 11.8 Å². The SMILES string of the molecule is CCOC(=O)C(C)(CC(C)Sc1ccccc1)NC1CC1. The average molecular weight is 307 g/mol. The van der Waals surface area contributed by atoms with Crippen LogP contribution in [0.2, 0.25) is 0 Å². The highest BCUT2D eigenvalue weighted by Gasteiger charge is 2.40. The fourth-order valence-electron chi connectivity index (χ4n) is 2.52. The Morgan fingerprint density at radius 2 is 2.10 bits per heavy atom. The quantitative estimate of drug-likeness (QED) is 0.588. The Kier molecular flexibility index (Phi) is 5.71. The third-order valence-electron chi connectivity index (χ3n) is 3.60. The van der Waals surface area contributed by atoms with Crippen LogP contribution in [0.15, 0.2) is 35.2 Å². The second kappa shape index (κ2) is 7.32. The van der Waals surface area contributed by atoms with E-state index in [4.69, 9.17) is 4.74 Å². The van der Waals surface area contributed by atoms with Crippen LogP contribution < -0.4 is 5.32 Å². The van der Waals surface area contributed by atoms with Gasteiger partial charge < -0.3 is 4.74 Å². The van der Waals surface area contributed by atoms with Crippen LogP contribution >= 0.6 is 11.8 Å². The van der Waals surface area contributed by atoms with Crippen molar-refractivity contribution in [1.29, 1.82) is 0 Å². The molecule has 1 aliphatic carbocycles. The van der Waals surface area contributed by atoms with Gasteiger partial charge in [-0.05, 0) is 45.2 Å². The van der Waals surface area contributed by atoms with Gasteiger partial charge in [-0.1, -0.05) is 25.1 Å². The van der Waals surface area contributed by atoms with Gasteiger partial charge in [0.1, 0.15) is 5.54 Å². The molecule has 2 atom stereocenters. The molecule has 1 N–H and O–H groups in total. The zero-order valence-electron chi connectivity index (χ0n) is 13.1. The lowest BCUT2D eigenvalue weighted by atomic mass is 9.95. The van der Waals surface area contributed by atoms with Crippen molar-refractivity contribution in [2.45, 2.75) is 61.8 Å². The van der Waals surface area contributed by atoms with Crippen molar-refractivity contribution in [3.8, 4) is 0 Å². The van der Waals surface area contributed by atoms with E-state index in [9.17, 15) is 4.79 Å². The zero-order valence-corrected chi connectivity index (χ0v) is 13.9. The van der Waals surface area contributed by atoms with Crippen LogP contribution in [0, 0.1) is 0 Å². The Morgan fingerprint density at radius 3 is 2.67 bits per heavy atom. The fraction of sp³-hybridized carbons (Fsp3) is 0.588. The predicted octanol–water partition coefficient (Wildman–Crippen LogP) is 3.63. The molecule has 1 fully saturated rings. The molecular formula is C17H25NO2S. The summed E-state index contributed by atoms with van der Waals surface area (Å²) < 4.78 is 5.28. The highest BCUT2D eigenvalue weighted by Crippen LogP contribution is 2.31. The molecule has 2 unspecified atom stereocenters. The van der Waals surface area contributed by atoms with E-state index in [1.807, 2.05) is 32.0 Å². The van der Waals surface area contributed by atoms with Crippen LogP contribution in [0.5, 0.6) is 0 Å². The molecule has 0 radical (unpaired) electrons. The molecule has 1 aromatic rings. The summed E-state index contributed by atoms with van der Waals surface area (Å²) in [4.78, 5) is 13.6. The van der Waals surface area contributed by atoms with Crippen molar-refractivity contribution in [2.24, 2.45) is 0 Å². The third kappa shape index (κ3) is 5.04. The minimum Gasteiger partial charge on any atom is -0.465 e. The summed E-state index contributed by atoms with van der Waals surface area (Å²) in [6, 6.07) is 10.8. The molecule has 0 bridgehead atoms. The van der Waals surface area contributed by atoms with E-state index in [0.717, 1.165) is 19.3 Å². The number of esters is 1. The molecule has 3 nitrogen and oxygen atoms in total. The van der Waals surface area contributed by atoms with Crippen LogP contribution in [0.3, 0.4) is 0 Å². The number of hydrogen-bond donors (Lipinski definition) is 1. The predicted molar refractivity (Wildman–Crippen MR) is 87.6 cm³/mol. The topological polar surface area (TPSA) is 38.3 Å². The van der Waals surface area contributed by atoms with Crippen molar-refractivity contribution < 1.29 is 9.53 Å².